The lowest BCUT2D eigenvalue weighted by molar-refractivity contribution is 0.187. The number of aromatic amines is 1. The topological polar surface area (TPSA) is 93.2 Å². The maximum Gasteiger partial charge on any atom is 0.411 e. The number of H-pyrrole nitrogens is 1. The van der Waals surface area contributed by atoms with Crippen molar-refractivity contribution in [2.24, 2.45) is 11.8 Å². The van der Waals surface area contributed by atoms with Gasteiger partial charge < -0.3 is 4.74 Å². The first-order valence-electron chi connectivity index (χ1n) is 8.85. The van der Waals surface area contributed by atoms with Crippen LogP contribution in [-0.4, -0.2) is 22.8 Å². The number of nitrogens with zero attached hydrogens (tertiary/aromatic N) is 1. The number of carbonyl (C=O) groups excluding carboxylic acids is 1. The molecule has 1 aliphatic rings. The van der Waals surface area contributed by atoms with Gasteiger partial charge in [-0.1, -0.05) is 13.0 Å². The summed E-state index contributed by atoms with van der Waals surface area (Å²) in [7, 11) is 1.19. The van der Waals surface area contributed by atoms with Crippen LogP contribution in [0.3, 0.4) is 0 Å². The van der Waals surface area contributed by atoms with E-state index < -0.39 is 23.2 Å². The van der Waals surface area contributed by atoms with Gasteiger partial charge in [0.05, 0.1) is 18.8 Å². The van der Waals surface area contributed by atoms with Crippen molar-refractivity contribution in [3.8, 4) is 0 Å². The Bertz CT molecular complexity index is 952. The highest BCUT2D eigenvalue weighted by Crippen LogP contribution is 2.43. The summed E-state index contributed by atoms with van der Waals surface area (Å²) in [5, 5.41) is 2.33. The molecule has 1 aliphatic carbocycles. The van der Waals surface area contributed by atoms with Crippen LogP contribution in [0.4, 0.5) is 14.9 Å². The lowest BCUT2D eigenvalue weighted by atomic mass is 9.99. The first kappa shape index (κ1) is 18.9. The predicted molar refractivity (Wildman–Crippen MR) is 98.4 cm³/mol. The molecule has 0 aliphatic heterocycles. The molecule has 2 aromatic rings. The minimum absolute atomic E-state index is 0.0263. The summed E-state index contributed by atoms with van der Waals surface area (Å²) >= 11 is 0. The maximum absolute atomic E-state index is 14.1. The minimum Gasteiger partial charge on any atom is -0.453 e. The van der Waals surface area contributed by atoms with E-state index in [4.69, 9.17) is 0 Å². The van der Waals surface area contributed by atoms with E-state index in [9.17, 15) is 18.8 Å². The van der Waals surface area contributed by atoms with Gasteiger partial charge in [0.1, 0.15) is 5.82 Å². The fourth-order valence-electron chi connectivity index (χ4n) is 3.32. The van der Waals surface area contributed by atoms with E-state index in [1.807, 2.05) is 0 Å². The third-order valence-corrected chi connectivity index (χ3v) is 5.07. The van der Waals surface area contributed by atoms with Gasteiger partial charge in [-0.25, -0.2) is 14.0 Å². The van der Waals surface area contributed by atoms with Gasteiger partial charge in [-0.15, -0.1) is 0 Å². The lowest BCUT2D eigenvalue weighted by Crippen LogP contribution is -2.32. The highest BCUT2D eigenvalue weighted by Gasteiger charge is 2.33. The fraction of sp³-hybridized carbons (Fsp3) is 0.421. The van der Waals surface area contributed by atoms with Gasteiger partial charge in [0.15, 0.2) is 0 Å². The van der Waals surface area contributed by atoms with Crippen molar-refractivity contribution in [2.45, 2.75) is 32.2 Å². The van der Waals surface area contributed by atoms with Gasteiger partial charge in [-0.2, -0.15) is 0 Å². The Hall–Kier alpha value is -2.90. The molecule has 1 aromatic carbocycles. The van der Waals surface area contributed by atoms with E-state index in [0.717, 1.165) is 12.8 Å². The molecule has 1 saturated carbocycles. The highest BCUT2D eigenvalue weighted by atomic mass is 19.1. The third kappa shape index (κ3) is 4.45. The standard InChI is InChI=1S/C19H22FN3O4/c1-11-9-12(11)4-6-16(23-8-7-17(24)22-18(23)25)13-3-5-14(20)15(10-13)21-19(26)27-2/h3,5,7-8,10-12,16H,4,6,9H2,1-2H3,(H,21,26)(H,22,24,25). The van der Waals surface area contributed by atoms with Crippen LogP contribution in [0.25, 0.3) is 0 Å². The van der Waals surface area contributed by atoms with Crippen molar-refractivity contribution >= 4 is 11.8 Å². The van der Waals surface area contributed by atoms with Crippen LogP contribution in [-0.2, 0) is 4.74 Å². The molecule has 1 amide bonds. The molecule has 1 fully saturated rings. The molecular weight excluding hydrogens is 353 g/mol. The van der Waals surface area contributed by atoms with Crippen molar-refractivity contribution in [1.29, 1.82) is 0 Å². The van der Waals surface area contributed by atoms with Crippen molar-refractivity contribution in [2.75, 3.05) is 12.4 Å². The monoisotopic (exact) mass is 375 g/mol. The number of methoxy groups -OCH3 is 1. The Morgan fingerprint density at radius 2 is 2.15 bits per heavy atom. The number of hydrogen-bond acceptors (Lipinski definition) is 4. The Balaban J connectivity index is 1.96. The normalized spacial score (nSPS) is 19.4. The fourth-order valence-corrected chi connectivity index (χ4v) is 3.32. The summed E-state index contributed by atoms with van der Waals surface area (Å²) in [6.45, 7) is 2.18. The summed E-state index contributed by atoms with van der Waals surface area (Å²) in [4.78, 5) is 37.4. The zero-order chi connectivity index (χ0) is 19.6. The molecule has 3 rings (SSSR count). The van der Waals surface area contributed by atoms with E-state index >= 15 is 0 Å². The number of hydrogen-bond donors (Lipinski definition) is 2. The largest absolute Gasteiger partial charge is 0.453 e. The molecule has 0 bridgehead atoms. The second kappa shape index (κ2) is 7.77. The Morgan fingerprint density at radius 1 is 1.41 bits per heavy atom. The predicted octanol–water partition coefficient (Wildman–Crippen LogP) is 2.88. The number of benzene rings is 1. The number of anilines is 1. The van der Waals surface area contributed by atoms with E-state index in [1.165, 1.54) is 36.1 Å². The quantitative estimate of drug-likeness (QED) is 0.812. The Morgan fingerprint density at radius 3 is 2.78 bits per heavy atom. The average Bonchev–Trinajstić information content (AvgIpc) is 3.34. The zero-order valence-electron chi connectivity index (χ0n) is 15.2. The van der Waals surface area contributed by atoms with E-state index in [2.05, 4.69) is 22.0 Å². The molecule has 8 heteroatoms. The number of ether oxygens (including phenoxy) is 1. The second-order valence-electron chi connectivity index (χ2n) is 6.94. The van der Waals surface area contributed by atoms with Gasteiger partial charge in [0, 0.05) is 12.3 Å². The summed E-state index contributed by atoms with van der Waals surface area (Å²) in [6.07, 6.45) is 3.39. The molecule has 1 heterocycles. The van der Waals surface area contributed by atoms with Gasteiger partial charge in [-0.3, -0.25) is 19.7 Å². The summed E-state index contributed by atoms with van der Waals surface area (Å²) in [5.74, 6) is 0.675. The van der Waals surface area contributed by atoms with E-state index in [0.29, 0.717) is 23.8 Å². The van der Waals surface area contributed by atoms with Crippen LogP contribution in [0, 0.1) is 17.7 Å². The number of aromatic nitrogens is 2. The first-order valence-corrected chi connectivity index (χ1v) is 8.85. The number of amides is 1. The Kier molecular flexibility index (Phi) is 5.43. The van der Waals surface area contributed by atoms with Gasteiger partial charge in [0.2, 0.25) is 0 Å². The first-order chi connectivity index (χ1) is 12.9. The molecule has 7 nitrogen and oxygen atoms in total. The molecule has 0 saturated heterocycles. The summed E-state index contributed by atoms with van der Waals surface area (Å²) in [5.41, 5.74) is -0.368. The van der Waals surface area contributed by atoms with Gasteiger partial charge in [0.25, 0.3) is 5.56 Å². The number of rotatable bonds is 6. The van der Waals surface area contributed by atoms with Crippen molar-refractivity contribution < 1.29 is 13.9 Å². The molecule has 0 spiro atoms. The molecule has 1 aromatic heterocycles. The maximum atomic E-state index is 14.1. The lowest BCUT2D eigenvalue weighted by Gasteiger charge is -2.21. The van der Waals surface area contributed by atoms with Crippen LogP contribution >= 0.6 is 0 Å². The number of halogens is 1. The van der Waals surface area contributed by atoms with Gasteiger partial charge in [-0.05, 0) is 48.8 Å². The highest BCUT2D eigenvalue weighted by molar-refractivity contribution is 5.84. The SMILES string of the molecule is COC(=O)Nc1cc(C(CCC2CC2C)n2ccc(=O)[nH]c2=O)ccc1F. The zero-order valence-corrected chi connectivity index (χ0v) is 15.2. The molecule has 0 radical (unpaired) electrons. The van der Waals surface area contributed by atoms with Crippen LogP contribution in [0.5, 0.6) is 0 Å². The second-order valence-corrected chi connectivity index (χ2v) is 6.94. The molecule has 3 unspecified atom stereocenters. The summed E-state index contributed by atoms with van der Waals surface area (Å²) < 4.78 is 20.0. The third-order valence-electron chi connectivity index (χ3n) is 5.07. The molecule has 144 valence electrons. The van der Waals surface area contributed by atoms with Gasteiger partial charge >= 0.3 is 11.8 Å². The molecular formula is C19H22FN3O4. The number of carbonyl (C=O) groups is 1. The Labute approximate surface area is 155 Å². The number of nitrogens with one attached hydrogen (secondary N) is 2. The van der Waals surface area contributed by atoms with E-state index in [-0.39, 0.29) is 11.7 Å². The van der Waals surface area contributed by atoms with Crippen molar-refractivity contribution in [3.63, 3.8) is 0 Å². The minimum atomic E-state index is -0.782. The summed E-state index contributed by atoms with van der Waals surface area (Å²) in [6, 6.07) is 5.21. The van der Waals surface area contributed by atoms with Crippen LogP contribution in [0.2, 0.25) is 0 Å². The van der Waals surface area contributed by atoms with Crippen LogP contribution < -0.4 is 16.6 Å². The van der Waals surface area contributed by atoms with Crippen molar-refractivity contribution in [3.05, 3.63) is 62.7 Å². The van der Waals surface area contributed by atoms with E-state index in [1.54, 1.807) is 6.07 Å². The molecule has 3 atom stereocenters. The van der Waals surface area contributed by atoms with Crippen molar-refractivity contribution in [1.82, 2.24) is 9.55 Å². The molecule has 2 N–H and O–H groups in total. The smallest absolute Gasteiger partial charge is 0.411 e. The average molecular weight is 375 g/mol. The van der Waals surface area contributed by atoms with Crippen LogP contribution in [0.15, 0.2) is 40.1 Å². The molecule has 27 heavy (non-hydrogen) atoms. The van der Waals surface area contributed by atoms with Crippen LogP contribution in [0.1, 0.15) is 37.8 Å².